The van der Waals surface area contributed by atoms with Gasteiger partial charge in [0.15, 0.2) is 0 Å². The van der Waals surface area contributed by atoms with Crippen LogP contribution in [0.3, 0.4) is 0 Å². The highest BCUT2D eigenvalue weighted by Crippen LogP contribution is 2.26. The van der Waals surface area contributed by atoms with Gasteiger partial charge in [-0.25, -0.2) is 9.67 Å². The van der Waals surface area contributed by atoms with Crippen molar-refractivity contribution >= 4 is 5.82 Å². The standard InChI is InChI=1S/C26H28N6/c1-20-8-9-21(2)24(16-20)32-19-23(26(29-32)22-6-4-3-5-7-22)18-30-12-14-31(15-13-30)25-17-27-10-11-28-25/h3-11,16-17,19H,12-15,18H2,1-2H3. The van der Waals surface area contributed by atoms with E-state index < -0.39 is 0 Å². The summed E-state index contributed by atoms with van der Waals surface area (Å²) in [6.45, 7) is 9.02. The number of hydrogen-bond donors (Lipinski definition) is 0. The first-order chi connectivity index (χ1) is 15.7. The molecule has 6 nitrogen and oxygen atoms in total. The molecular weight excluding hydrogens is 396 g/mol. The van der Waals surface area contributed by atoms with Gasteiger partial charge in [-0.05, 0) is 31.0 Å². The maximum atomic E-state index is 5.04. The van der Waals surface area contributed by atoms with Crippen LogP contribution in [0.4, 0.5) is 5.82 Å². The van der Waals surface area contributed by atoms with E-state index in [1.807, 2.05) is 6.20 Å². The van der Waals surface area contributed by atoms with Crippen LogP contribution < -0.4 is 4.90 Å². The van der Waals surface area contributed by atoms with Crippen LogP contribution in [0.25, 0.3) is 16.9 Å². The highest BCUT2D eigenvalue weighted by Gasteiger charge is 2.21. The zero-order chi connectivity index (χ0) is 21.9. The summed E-state index contributed by atoms with van der Waals surface area (Å²) in [4.78, 5) is 13.5. The molecule has 2 aromatic heterocycles. The monoisotopic (exact) mass is 424 g/mol. The van der Waals surface area contributed by atoms with Crippen LogP contribution in [0.5, 0.6) is 0 Å². The minimum atomic E-state index is 0.878. The fourth-order valence-corrected chi connectivity index (χ4v) is 4.28. The fraction of sp³-hybridized carbons (Fsp3) is 0.269. The smallest absolute Gasteiger partial charge is 0.147 e. The number of hydrogen-bond acceptors (Lipinski definition) is 5. The molecule has 0 unspecified atom stereocenters. The lowest BCUT2D eigenvalue weighted by atomic mass is 10.1. The van der Waals surface area contributed by atoms with Gasteiger partial charge < -0.3 is 4.90 Å². The summed E-state index contributed by atoms with van der Waals surface area (Å²) in [6.07, 6.45) is 7.53. The molecule has 0 saturated carbocycles. The average Bonchev–Trinajstić information content (AvgIpc) is 3.26. The van der Waals surface area contributed by atoms with Gasteiger partial charge in [0, 0.05) is 62.4 Å². The van der Waals surface area contributed by atoms with Crippen LogP contribution in [-0.4, -0.2) is 50.8 Å². The van der Waals surface area contributed by atoms with E-state index >= 15 is 0 Å². The highest BCUT2D eigenvalue weighted by molar-refractivity contribution is 5.63. The maximum Gasteiger partial charge on any atom is 0.147 e. The second kappa shape index (κ2) is 8.93. The van der Waals surface area contributed by atoms with E-state index in [1.54, 1.807) is 12.4 Å². The molecule has 2 aromatic carbocycles. The van der Waals surface area contributed by atoms with Crippen molar-refractivity contribution in [3.8, 4) is 16.9 Å². The lowest BCUT2D eigenvalue weighted by molar-refractivity contribution is 0.249. The number of aryl methyl sites for hydroxylation is 2. The maximum absolute atomic E-state index is 5.04. The van der Waals surface area contributed by atoms with Gasteiger partial charge in [0.1, 0.15) is 5.82 Å². The molecule has 1 fully saturated rings. The quantitative estimate of drug-likeness (QED) is 0.479. The Labute approximate surface area is 189 Å². The van der Waals surface area contributed by atoms with Crippen molar-refractivity contribution in [2.75, 3.05) is 31.1 Å². The molecule has 0 atom stereocenters. The minimum Gasteiger partial charge on any atom is -0.353 e. The molecule has 0 bridgehead atoms. The zero-order valence-corrected chi connectivity index (χ0v) is 18.6. The normalized spacial score (nSPS) is 14.6. The van der Waals surface area contributed by atoms with Crippen LogP contribution in [0.15, 0.2) is 73.3 Å². The van der Waals surface area contributed by atoms with Crippen molar-refractivity contribution in [1.29, 1.82) is 0 Å². The molecule has 5 rings (SSSR count). The largest absolute Gasteiger partial charge is 0.353 e. The summed E-state index contributed by atoms with van der Waals surface area (Å²) < 4.78 is 2.05. The van der Waals surface area contributed by atoms with Gasteiger partial charge in [0.05, 0.1) is 17.6 Å². The second-order valence-electron chi connectivity index (χ2n) is 8.43. The van der Waals surface area contributed by atoms with Crippen LogP contribution in [0, 0.1) is 13.8 Å². The highest BCUT2D eigenvalue weighted by atomic mass is 15.3. The number of nitrogens with zero attached hydrogens (tertiary/aromatic N) is 6. The first kappa shape index (κ1) is 20.4. The molecule has 1 saturated heterocycles. The first-order valence-electron chi connectivity index (χ1n) is 11.1. The van der Waals surface area contributed by atoms with Crippen molar-refractivity contribution in [1.82, 2.24) is 24.6 Å². The Morgan fingerprint density at radius 2 is 1.72 bits per heavy atom. The molecule has 0 amide bonds. The molecule has 0 radical (unpaired) electrons. The van der Waals surface area contributed by atoms with Crippen LogP contribution >= 0.6 is 0 Å². The van der Waals surface area contributed by atoms with Crippen molar-refractivity contribution in [2.45, 2.75) is 20.4 Å². The van der Waals surface area contributed by atoms with E-state index in [1.165, 1.54) is 16.7 Å². The van der Waals surface area contributed by atoms with Crippen LogP contribution in [-0.2, 0) is 6.54 Å². The van der Waals surface area contributed by atoms with Crippen molar-refractivity contribution in [3.63, 3.8) is 0 Å². The molecule has 3 heterocycles. The van der Waals surface area contributed by atoms with E-state index in [9.17, 15) is 0 Å². The third-order valence-electron chi connectivity index (χ3n) is 6.09. The molecule has 1 aliphatic heterocycles. The topological polar surface area (TPSA) is 50.1 Å². The minimum absolute atomic E-state index is 0.878. The van der Waals surface area contributed by atoms with Crippen LogP contribution in [0.2, 0.25) is 0 Å². The second-order valence-corrected chi connectivity index (χ2v) is 8.43. The molecule has 0 N–H and O–H groups in total. The Hall–Kier alpha value is -3.51. The molecule has 162 valence electrons. The van der Waals surface area contributed by atoms with Gasteiger partial charge in [-0.15, -0.1) is 0 Å². The predicted octanol–water partition coefficient (Wildman–Crippen LogP) is 4.27. The molecule has 6 heteroatoms. The van der Waals surface area contributed by atoms with Gasteiger partial charge >= 0.3 is 0 Å². The molecule has 1 aliphatic rings. The third kappa shape index (κ3) is 4.27. The lowest BCUT2D eigenvalue weighted by Crippen LogP contribution is -2.46. The van der Waals surface area contributed by atoms with Crippen LogP contribution in [0.1, 0.15) is 16.7 Å². The van der Waals surface area contributed by atoms with Crippen molar-refractivity contribution in [3.05, 3.63) is 90.0 Å². The number of piperazine rings is 1. The lowest BCUT2D eigenvalue weighted by Gasteiger charge is -2.35. The molecule has 4 aromatic rings. The average molecular weight is 425 g/mol. The summed E-state index contributed by atoms with van der Waals surface area (Å²) in [7, 11) is 0. The van der Waals surface area contributed by atoms with Gasteiger partial charge in [-0.1, -0.05) is 42.5 Å². The predicted molar refractivity (Wildman–Crippen MR) is 128 cm³/mol. The molecule has 32 heavy (non-hydrogen) atoms. The summed E-state index contributed by atoms with van der Waals surface area (Å²) in [5.41, 5.74) is 7.07. The third-order valence-corrected chi connectivity index (χ3v) is 6.09. The van der Waals surface area contributed by atoms with Gasteiger partial charge in [-0.3, -0.25) is 9.88 Å². The van der Waals surface area contributed by atoms with Crippen molar-refractivity contribution in [2.24, 2.45) is 0 Å². The Bertz CT molecular complexity index is 1180. The Balaban J connectivity index is 1.40. The number of aromatic nitrogens is 4. The van der Waals surface area contributed by atoms with Gasteiger partial charge in [-0.2, -0.15) is 5.10 Å². The summed E-state index contributed by atoms with van der Waals surface area (Å²) in [5, 5.41) is 5.04. The van der Waals surface area contributed by atoms with E-state index in [2.05, 4.69) is 93.0 Å². The zero-order valence-electron chi connectivity index (χ0n) is 18.6. The molecule has 0 spiro atoms. The Kier molecular flexibility index (Phi) is 5.69. The van der Waals surface area contributed by atoms with E-state index in [0.717, 1.165) is 55.5 Å². The van der Waals surface area contributed by atoms with E-state index in [-0.39, 0.29) is 0 Å². The summed E-state index contributed by atoms with van der Waals surface area (Å²) in [6, 6.07) is 17.0. The fourth-order valence-electron chi connectivity index (χ4n) is 4.28. The first-order valence-corrected chi connectivity index (χ1v) is 11.1. The number of anilines is 1. The Morgan fingerprint density at radius 1 is 0.906 bits per heavy atom. The molecule has 0 aliphatic carbocycles. The summed E-state index contributed by atoms with van der Waals surface area (Å²) >= 11 is 0. The van der Waals surface area contributed by atoms with Gasteiger partial charge in [0.25, 0.3) is 0 Å². The number of rotatable bonds is 5. The SMILES string of the molecule is Cc1ccc(C)c(-n2cc(CN3CCN(c4cnccn4)CC3)c(-c3ccccc3)n2)c1. The van der Waals surface area contributed by atoms with Gasteiger partial charge in [0.2, 0.25) is 0 Å². The number of benzene rings is 2. The Morgan fingerprint density at radius 3 is 2.47 bits per heavy atom. The molecular formula is C26H28N6. The summed E-state index contributed by atoms with van der Waals surface area (Å²) in [5.74, 6) is 0.958. The van der Waals surface area contributed by atoms with E-state index in [0.29, 0.717) is 0 Å². The van der Waals surface area contributed by atoms with Crippen molar-refractivity contribution < 1.29 is 0 Å². The van der Waals surface area contributed by atoms with E-state index in [4.69, 9.17) is 5.10 Å².